The van der Waals surface area contributed by atoms with Crippen molar-refractivity contribution in [2.24, 2.45) is 7.05 Å². The van der Waals surface area contributed by atoms with E-state index in [2.05, 4.69) is 22.2 Å². The molecule has 3 heterocycles. The molecule has 0 bridgehead atoms. The van der Waals surface area contributed by atoms with Crippen LogP contribution in [0.25, 0.3) is 27.5 Å². The molecule has 0 radical (unpaired) electrons. The van der Waals surface area contributed by atoms with Crippen LogP contribution in [0.1, 0.15) is 42.5 Å². The molecule has 0 aliphatic carbocycles. The second-order valence-electron chi connectivity index (χ2n) is 8.34. The molecule has 10 heteroatoms. The Labute approximate surface area is 199 Å². The molecule has 0 saturated heterocycles. The molecule has 0 saturated carbocycles. The number of rotatable bonds is 7. The number of aryl methyl sites for hydroxylation is 2. The first-order valence-electron chi connectivity index (χ1n) is 11.5. The highest BCUT2D eigenvalue weighted by Gasteiger charge is 2.20. The number of carbonyl (C=O) groups excluding carboxylic acids is 1. The summed E-state index contributed by atoms with van der Waals surface area (Å²) >= 11 is 0. The third-order valence-electron chi connectivity index (χ3n) is 6.06. The van der Waals surface area contributed by atoms with Gasteiger partial charge in [-0.1, -0.05) is 50.1 Å². The van der Waals surface area contributed by atoms with Crippen LogP contribution < -0.4 is 11.1 Å². The van der Waals surface area contributed by atoms with Gasteiger partial charge in [-0.2, -0.15) is 5.10 Å². The molecule has 0 aliphatic rings. The fourth-order valence-corrected chi connectivity index (χ4v) is 4.23. The largest absolute Gasteiger partial charge is 0.453 e. The molecule has 0 atom stereocenters. The minimum absolute atomic E-state index is 0.0720. The molecular weight excluding hydrogens is 448 g/mol. The Morgan fingerprint density at radius 3 is 2.40 bits per heavy atom. The molecule has 0 N–H and O–H groups in total. The smallest absolute Gasteiger partial charge is 0.359 e. The highest BCUT2D eigenvalue weighted by molar-refractivity contribution is 6.02. The van der Waals surface area contributed by atoms with Crippen LogP contribution in [0.3, 0.4) is 0 Å². The normalized spacial score (nSPS) is 11.5. The Morgan fingerprint density at radius 2 is 1.63 bits per heavy atom. The zero-order chi connectivity index (χ0) is 24.5. The molecule has 0 spiro atoms. The third-order valence-corrected chi connectivity index (χ3v) is 6.06. The van der Waals surface area contributed by atoms with Gasteiger partial charge in [0.25, 0.3) is 11.1 Å². The third kappa shape index (κ3) is 3.86. The van der Waals surface area contributed by atoms with Crippen LogP contribution in [0.15, 0.2) is 58.1 Å². The van der Waals surface area contributed by atoms with Crippen LogP contribution in [-0.2, 0) is 24.9 Å². The molecule has 0 fully saturated rings. The number of hydrogen-bond donors (Lipinski definition) is 0. The molecular formula is C25H24N6O4. The van der Waals surface area contributed by atoms with Gasteiger partial charge in [0.2, 0.25) is 5.78 Å². The molecule has 178 valence electrons. The fraction of sp³-hybridized carbons (Fsp3) is 0.280. The average Bonchev–Trinajstić information content (AvgIpc) is 3.31. The van der Waals surface area contributed by atoms with Crippen molar-refractivity contribution < 1.29 is 9.53 Å². The van der Waals surface area contributed by atoms with Crippen molar-refractivity contribution in [1.82, 2.24) is 28.9 Å². The first-order chi connectivity index (χ1) is 17.0. The van der Waals surface area contributed by atoms with Crippen LogP contribution in [-0.4, -0.2) is 34.9 Å². The van der Waals surface area contributed by atoms with E-state index in [1.54, 1.807) is 53.9 Å². The molecule has 0 unspecified atom stereocenters. The van der Waals surface area contributed by atoms with E-state index >= 15 is 0 Å². The van der Waals surface area contributed by atoms with Gasteiger partial charge in [-0.25, -0.2) is 9.48 Å². The lowest BCUT2D eigenvalue weighted by atomic mass is 10.1. The summed E-state index contributed by atoms with van der Waals surface area (Å²) in [6.07, 6.45) is 2.74. The minimum atomic E-state index is -0.670. The number of fused-ring (bicyclic) bond motifs is 4. The number of carbonyl (C=O) groups is 1. The number of esters is 1. The summed E-state index contributed by atoms with van der Waals surface area (Å²) in [5, 5.41) is 14.0. The Morgan fingerprint density at radius 1 is 0.914 bits per heavy atom. The van der Waals surface area contributed by atoms with Gasteiger partial charge in [0, 0.05) is 19.0 Å². The lowest BCUT2D eigenvalue weighted by Gasteiger charge is -2.11. The van der Waals surface area contributed by atoms with Crippen LogP contribution in [0.5, 0.6) is 0 Å². The van der Waals surface area contributed by atoms with Gasteiger partial charge in [-0.3, -0.25) is 18.6 Å². The van der Waals surface area contributed by atoms with E-state index in [-0.39, 0.29) is 23.4 Å². The van der Waals surface area contributed by atoms with E-state index in [1.165, 1.54) is 9.25 Å². The molecule has 2 aromatic carbocycles. The summed E-state index contributed by atoms with van der Waals surface area (Å²) in [5.74, 6) is 0.0323. The van der Waals surface area contributed by atoms with Gasteiger partial charge in [0.05, 0.1) is 16.3 Å². The summed E-state index contributed by atoms with van der Waals surface area (Å²) in [4.78, 5) is 38.7. The molecule has 5 rings (SSSR count). The average molecular weight is 473 g/mol. The van der Waals surface area contributed by atoms with Crippen molar-refractivity contribution in [3.05, 3.63) is 80.8 Å². The first-order valence-corrected chi connectivity index (χ1v) is 11.5. The maximum atomic E-state index is 13.2. The minimum Gasteiger partial charge on any atom is -0.453 e. The highest BCUT2D eigenvalue weighted by atomic mass is 16.5. The van der Waals surface area contributed by atoms with Crippen molar-refractivity contribution in [3.63, 3.8) is 0 Å². The Balaban J connectivity index is 1.52. The fourth-order valence-electron chi connectivity index (χ4n) is 4.23. The Kier molecular flexibility index (Phi) is 5.86. The quantitative estimate of drug-likeness (QED) is 0.264. The molecule has 35 heavy (non-hydrogen) atoms. The van der Waals surface area contributed by atoms with Crippen LogP contribution in [0.2, 0.25) is 0 Å². The van der Waals surface area contributed by atoms with Crippen molar-refractivity contribution in [1.29, 1.82) is 0 Å². The second-order valence-corrected chi connectivity index (χ2v) is 8.34. The van der Waals surface area contributed by atoms with Crippen LogP contribution >= 0.6 is 0 Å². The Hall–Kier alpha value is -4.34. The van der Waals surface area contributed by atoms with E-state index in [9.17, 15) is 14.4 Å². The van der Waals surface area contributed by atoms with Gasteiger partial charge in [-0.15, -0.1) is 10.2 Å². The summed E-state index contributed by atoms with van der Waals surface area (Å²) < 4.78 is 10.0. The number of hydrogen-bond acceptors (Lipinski definition) is 7. The number of ether oxygens (including phenoxy) is 1. The highest BCUT2D eigenvalue weighted by Crippen LogP contribution is 2.17. The maximum Gasteiger partial charge on any atom is 0.359 e. The SMILES string of the molecule is CCCCCn1nc(C(=O)OCc2nnc3n(C)c(=O)c4ccccc4n23)c2ccccc2c1=O. The van der Waals surface area contributed by atoms with Crippen LogP contribution in [0.4, 0.5) is 0 Å². The number of para-hydroxylation sites is 1. The van der Waals surface area contributed by atoms with Crippen LogP contribution in [0, 0.1) is 0 Å². The van der Waals surface area contributed by atoms with E-state index in [0.29, 0.717) is 39.8 Å². The lowest BCUT2D eigenvalue weighted by Crippen LogP contribution is -2.26. The zero-order valence-electron chi connectivity index (χ0n) is 19.5. The van der Waals surface area contributed by atoms with E-state index in [1.807, 2.05) is 6.07 Å². The number of aromatic nitrogens is 6. The monoisotopic (exact) mass is 472 g/mol. The van der Waals surface area contributed by atoms with Crippen molar-refractivity contribution in [2.45, 2.75) is 39.3 Å². The predicted molar refractivity (Wildman–Crippen MR) is 130 cm³/mol. The van der Waals surface area contributed by atoms with Crippen molar-refractivity contribution in [2.75, 3.05) is 0 Å². The maximum absolute atomic E-state index is 13.2. The predicted octanol–water partition coefficient (Wildman–Crippen LogP) is 2.84. The van der Waals surface area contributed by atoms with Gasteiger partial charge >= 0.3 is 5.97 Å². The molecule has 10 nitrogen and oxygen atoms in total. The van der Waals surface area contributed by atoms with E-state index in [4.69, 9.17) is 4.74 Å². The zero-order valence-corrected chi connectivity index (χ0v) is 19.5. The standard InChI is InChI=1S/C25H24N6O4/c1-3-4-9-14-30-23(33)17-11-6-5-10-16(17)21(28-30)24(34)35-15-20-26-27-25-29(2)22(32)18-12-7-8-13-19(18)31(20)25/h5-8,10-13H,3-4,9,14-15H2,1-2H3. The summed E-state index contributed by atoms with van der Waals surface area (Å²) in [5.41, 5.74) is 0.270. The lowest BCUT2D eigenvalue weighted by molar-refractivity contribution is 0.0454. The van der Waals surface area contributed by atoms with Gasteiger partial charge in [-0.05, 0) is 24.6 Å². The van der Waals surface area contributed by atoms with E-state index < -0.39 is 5.97 Å². The van der Waals surface area contributed by atoms with Gasteiger partial charge < -0.3 is 4.74 Å². The first kappa shape index (κ1) is 22.5. The Bertz CT molecular complexity index is 1700. The van der Waals surface area contributed by atoms with E-state index in [0.717, 1.165) is 19.3 Å². The number of benzene rings is 2. The number of nitrogens with zero attached hydrogens (tertiary/aromatic N) is 6. The summed E-state index contributed by atoms with van der Waals surface area (Å²) in [6.45, 7) is 2.31. The molecule has 3 aromatic heterocycles. The second kappa shape index (κ2) is 9.13. The van der Waals surface area contributed by atoms with Crippen molar-refractivity contribution >= 4 is 33.4 Å². The number of unbranched alkanes of at least 4 members (excludes halogenated alkanes) is 2. The summed E-state index contributed by atoms with van der Waals surface area (Å²) in [7, 11) is 1.62. The van der Waals surface area contributed by atoms with Crippen molar-refractivity contribution in [3.8, 4) is 0 Å². The summed E-state index contributed by atoms with van der Waals surface area (Å²) in [6, 6.07) is 14.0. The molecule has 5 aromatic rings. The van der Waals surface area contributed by atoms with Gasteiger partial charge in [0.15, 0.2) is 18.1 Å². The molecule has 0 aliphatic heterocycles. The topological polar surface area (TPSA) is 113 Å². The van der Waals surface area contributed by atoms with Gasteiger partial charge in [0.1, 0.15) is 0 Å². The molecule has 0 amide bonds.